The molecule has 1 heterocycles. The van der Waals surface area contributed by atoms with Crippen molar-refractivity contribution in [2.24, 2.45) is 0 Å². The first-order chi connectivity index (χ1) is 11.1. The van der Waals surface area contributed by atoms with E-state index in [1.807, 2.05) is 42.5 Å². The summed E-state index contributed by atoms with van der Waals surface area (Å²) in [6.07, 6.45) is 0. The molecular weight excluding hydrogens is 290 g/mol. The van der Waals surface area contributed by atoms with Gasteiger partial charge in [-0.2, -0.15) is 0 Å². The van der Waals surface area contributed by atoms with Crippen LogP contribution in [0.5, 0.6) is 0 Å². The van der Waals surface area contributed by atoms with E-state index < -0.39 is 6.04 Å². The van der Waals surface area contributed by atoms with Gasteiger partial charge in [-0.1, -0.05) is 42.5 Å². The van der Waals surface area contributed by atoms with Crippen LogP contribution in [0.3, 0.4) is 0 Å². The van der Waals surface area contributed by atoms with Crippen molar-refractivity contribution in [2.45, 2.75) is 13.0 Å². The Bertz CT molecular complexity index is 698. The molecule has 2 aromatic rings. The van der Waals surface area contributed by atoms with Crippen LogP contribution in [0.4, 0.5) is 10.5 Å². The Morgan fingerprint density at radius 3 is 2.35 bits per heavy atom. The standard InChI is InChI=1S/C18H19N3O2/c1-13(17(22)21-12-11-19-18(21)23)20-16-9-7-15(8-10-16)14-5-3-2-4-6-14/h2-10,13,20H,11-12H2,1H3,(H,19,23)/t13-/m1/s1. The average molecular weight is 309 g/mol. The monoisotopic (exact) mass is 309 g/mol. The van der Waals surface area contributed by atoms with Crippen LogP contribution in [-0.4, -0.2) is 36.0 Å². The summed E-state index contributed by atoms with van der Waals surface area (Å²) in [5.41, 5.74) is 3.12. The van der Waals surface area contributed by atoms with Crippen molar-refractivity contribution in [1.82, 2.24) is 10.2 Å². The largest absolute Gasteiger partial charge is 0.374 e. The Kier molecular flexibility index (Phi) is 4.28. The smallest absolute Gasteiger partial charge is 0.324 e. The zero-order valence-electron chi connectivity index (χ0n) is 13.0. The third kappa shape index (κ3) is 3.34. The van der Waals surface area contributed by atoms with Crippen molar-refractivity contribution < 1.29 is 9.59 Å². The maximum atomic E-state index is 12.3. The van der Waals surface area contributed by atoms with Crippen LogP contribution >= 0.6 is 0 Å². The molecule has 0 aliphatic carbocycles. The fourth-order valence-corrected chi connectivity index (χ4v) is 2.62. The molecule has 0 radical (unpaired) electrons. The van der Waals surface area contributed by atoms with Crippen molar-refractivity contribution in [2.75, 3.05) is 18.4 Å². The first-order valence-corrected chi connectivity index (χ1v) is 7.66. The second-order valence-corrected chi connectivity index (χ2v) is 5.53. The zero-order chi connectivity index (χ0) is 16.2. The highest BCUT2D eigenvalue weighted by Crippen LogP contribution is 2.21. The summed E-state index contributed by atoms with van der Waals surface area (Å²) in [5.74, 6) is -0.216. The predicted molar refractivity (Wildman–Crippen MR) is 90.1 cm³/mol. The van der Waals surface area contributed by atoms with Gasteiger partial charge in [0.2, 0.25) is 0 Å². The maximum Gasteiger partial charge on any atom is 0.324 e. The van der Waals surface area contributed by atoms with Gasteiger partial charge in [0.25, 0.3) is 5.91 Å². The van der Waals surface area contributed by atoms with Gasteiger partial charge in [-0.25, -0.2) is 4.79 Å². The van der Waals surface area contributed by atoms with Crippen LogP contribution in [0.1, 0.15) is 6.92 Å². The van der Waals surface area contributed by atoms with Crippen LogP contribution in [0, 0.1) is 0 Å². The van der Waals surface area contributed by atoms with E-state index in [0.717, 1.165) is 16.8 Å². The number of amides is 3. The highest BCUT2D eigenvalue weighted by atomic mass is 16.2. The number of nitrogens with one attached hydrogen (secondary N) is 2. The lowest BCUT2D eigenvalue weighted by molar-refractivity contribution is -0.128. The van der Waals surface area contributed by atoms with Crippen molar-refractivity contribution >= 4 is 17.6 Å². The van der Waals surface area contributed by atoms with Crippen LogP contribution in [-0.2, 0) is 4.79 Å². The number of urea groups is 1. The van der Waals surface area contributed by atoms with Gasteiger partial charge in [0.05, 0.1) is 0 Å². The van der Waals surface area contributed by atoms with Gasteiger partial charge in [0.15, 0.2) is 0 Å². The van der Waals surface area contributed by atoms with E-state index >= 15 is 0 Å². The zero-order valence-corrected chi connectivity index (χ0v) is 13.0. The van der Waals surface area contributed by atoms with Crippen molar-refractivity contribution in [3.63, 3.8) is 0 Å². The number of carbonyl (C=O) groups is 2. The third-order valence-corrected chi connectivity index (χ3v) is 3.87. The molecule has 1 aliphatic heterocycles. The number of imide groups is 1. The number of benzene rings is 2. The second-order valence-electron chi connectivity index (χ2n) is 5.53. The van der Waals surface area contributed by atoms with Gasteiger partial charge < -0.3 is 10.6 Å². The molecule has 2 N–H and O–H groups in total. The number of nitrogens with zero attached hydrogens (tertiary/aromatic N) is 1. The SMILES string of the molecule is C[C@@H](Nc1ccc(-c2ccccc2)cc1)C(=O)N1CCNC1=O. The molecule has 5 nitrogen and oxygen atoms in total. The van der Waals surface area contributed by atoms with Gasteiger partial charge >= 0.3 is 6.03 Å². The molecule has 1 atom stereocenters. The fraction of sp³-hybridized carbons (Fsp3) is 0.222. The summed E-state index contributed by atoms with van der Waals surface area (Å²) >= 11 is 0. The van der Waals surface area contributed by atoms with Gasteiger partial charge in [-0.3, -0.25) is 9.69 Å². The van der Waals surface area contributed by atoms with E-state index in [0.29, 0.717) is 13.1 Å². The van der Waals surface area contributed by atoms with E-state index in [9.17, 15) is 9.59 Å². The molecule has 0 saturated carbocycles. The molecule has 23 heavy (non-hydrogen) atoms. The van der Waals surface area contributed by atoms with Gasteiger partial charge in [0.1, 0.15) is 6.04 Å². The quantitative estimate of drug-likeness (QED) is 0.913. The fourth-order valence-electron chi connectivity index (χ4n) is 2.62. The minimum Gasteiger partial charge on any atom is -0.374 e. The summed E-state index contributed by atoms with van der Waals surface area (Å²) in [6, 6.07) is 17.2. The Morgan fingerprint density at radius 2 is 1.74 bits per heavy atom. The Morgan fingerprint density at radius 1 is 1.09 bits per heavy atom. The third-order valence-electron chi connectivity index (χ3n) is 3.87. The van der Waals surface area contributed by atoms with Crippen molar-refractivity contribution in [3.05, 3.63) is 54.6 Å². The summed E-state index contributed by atoms with van der Waals surface area (Å²) in [6.45, 7) is 2.71. The summed E-state index contributed by atoms with van der Waals surface area (Å²) < 4.78 is 0. The van der Waals surface area contributed by atoms with Crippen molar-refractivity contribution in [3.8, 4) is 11.1 Å². The second kappa shape index (κ2) is 6.52. The molecule has 1 fully saturated rings. The minimum absolute atomic E-state index is 0.216. The molecule has 1 aliphatic rings. The van der Waals surface area contributed by atoms with Gasteiger partial charge in [0, 0.05) is 18.8 Å². The molecule has 3 rings (SSSR count). The number of hydrogen-bond donors (Lipinski definition) is 2. The summed E-state index contributed by atoms with van der Waals surface area (Å²) in [5, 5.41) is 5.78. The van der Waals surface area contributed by atoms with Crippen LogP contribution in [0.2, 0.25) is 0 Å². The molecule has 0 aromatic heterocycles. The maximum absolute atomic E-state index is 12.3. The highest BCUT2D eigenvalue weighted by Gasteiger charge is 2.29. The van der Waals surface area contributed by atoms with Crippen LogP contribution < -0.4 is 10.6 Å². The van der Waals surface area contributed by atoms with E-state index in [1.54, 1.807) is 6.92 Å². The lowest BCUT2D eigenvalue weighted by Gasteiger charge is -2.19. The number of carbonyl (C=O) groups excluding carboxylic acids is 2. The topological polar surface area (TPSA) is 61.4 Å². The van der Waals surface area contributed by atoms with E-state index in [-0.39, 0.29) is 11.9 Å². The highest BCUT2D eigenvalue weighted by molar-refractivity contribution is 5.99. The van der Waals surface area contributed by atoms with E-state index in [4.69, 9.17) is 0 Å². The molecule has 0 bridgehead atoms. The predicted octanol–water partition coefficient (Wildman–Crippen LogP) is 2.71. The number of hydrogen-bond acceptors (Lipinski definition) is 3. The molecule has 5 heteroatoms. The first-order valence-electron chi connectivity index (χ1n) is 7.66. The lowest BCUT2D eigenvalue weighted by Crippen LogP contribution is -2.43. The van der Waals surface area contributed by atoms with E-state index in [1.165, 1.54) is 4.90 Å². The van der Waals surface area contributed by atoms with Gasteiger partial charge in [-0.15, -0.1) is 0 Å². The Labute approximate surface area is 135 Å². The van der Waals surface area contributed by atoms with Crippen LogP contribution in [0.15, 0.2) is 54.6 Å². The molecule has 3 amide bonds. The normalized spacial score (nSPS) is 15.2. The number of anilines is 1. The number of rotatable bonds is 4. The summed E-state index contributed by atoms with van der Waals surface area (Å²) in [7, 11) is 0. The molecule has 0 unspecified atom stereocenters. The van der Waals surface area contributed by atoms with E-state index in [2.05, 4.69) is 22.8 Å². The molecule has 0 spiro atoms. The Balaban J connectivity index is 1.66. The lowest BCUT2D eigenvalue weighted by atomic mass is 10.1. The molecule has 118 valence electrons. The van der Waals surface area contributed by atoms with Crippen molar-refractivity contribution in [1.29, 1.82) is 0 Å². The Hall–Kier alpha value is -2.82. The first kappa shape index (κ1) is 15.1. The molecular formula is C18H19N3O2. The van der Waals surface area contributed by atoms with Gasteiger partial charge in [-0.05, 0) is 30.2 Å². The minimum atomic E-state index is -0.457. The average Bonchev–Trinajstić information content (AvgIpc) is 3.01. The molecule has 1 saturated heterocycles. The van der Waals surface area contributed by atoms with Crippen LogP contribution in [0.25, 0.3) is 11.1 Å². The summed E-state index contributed by atoms with van der Waals surface area (Å²) in [4.78, 5) is 25.0. The molecule has 2 aromatic carbocycles.